The van der Waals surface area contributed by atoms with Crippen molar-refractivity contribution in [1.82, 2.24) is 9.29 Å². The lowest BCUT2D eigenvalue weighted by atomic mass is 10.1. The second kappa shape index (κ2) is 9.51. The van der Waals surface area contributed by atoms with Gasteiger partial charge in [-0.05, 0) is 75.8 Å². The molecule has 0 aliphatic heterocycles. The smallest absolute Gasteiger partial charge is 0.252 e. The molecule has 0 amide bonds. The number of aryl methyl sites for hydroxylation is 1. The first-order valence-corrected chi connectivity index (χ1v) is 12.5. The summed E-state index contributed by atoms with van der Waals surface area (Å²) in [5.41, 5.74) is 2.59. The fourth-order valence-electron chi connectivity index (χ4n) is 3.62. The molecule has 0 aliphatic rings. The maximum atomic E-state index is 13.7. The van der Waals surface area contributed by atoms with E-state index in [0.29, 0.717) is 15.8 Å². The molecule has 1 N–H and O–H groups in total. The van der Waals surface area contributed by atoms with Crippen LogP contribution in [0.1, 0.15) is 16.7 Å². The second-order valence-corrected chi connectivity index (χ2v) is 10.5. The van der Waals surface area contributed by atoms with Crippen LogP contribution in [-0.2, 0) is 23.1 Å². The van der Waals surface area contributed by atoms with Crippen LogP contribution in [0.3, 0.4) is 0 Å². The number of nitrogens with one attached hydrogen (secondary N) is 1. The van der Waals surface area contributed by atoms with Crippen LogP contribution in [0.15, 0.2) is 87.0 Å². The first kappa shape index (κ1) is 23.2. The molecule has 4 aromatic rings. The Morgan fingerprint density at radius 1 is 0.970 bits per heavy atom. The highest BCUT2D eigenvalue weighted by atomic mass is 79.9. The fourth-order valence-corrected chi connectivity index (χ4v) is 5.99. The normalized spacial score (nSPS) is 11.8. The van der Waals surface area contributed by atoms with Crippen molar-refractivity contribution in [1.29, 1.82) is 0 Å². The lowest BCUT2D eigenvalue weighted by Gasteiger charge is -2.23. The maximum Gasteiger partial charge on any atom is 0.252 e. The molecule has 0 spiro atoms. The minimum Gasteiger partial charge on any atom is -0.497 e. The Labute approximate surface area is 201 Å². The van der Waals surface area contributed by atoms with Crippen LogP contribution in [0, 0.1) is 6.92 Å². The number of halogens is 1. The van der Waals surface area contributed by atoms with Crippen molar-refractivity contribution in [2.75, 3.05) is 7.11 Å². The summed E-state index contributed by atoms with van der Waals surface area (Å²) in [5, 5.41) is 0.845. The molecule has 33 heavy (non-hydrogen) atoms. The van der Waals surface area contributed by atoms with E-state index in [9.17, 15) is 13.2 Å². The van der Waals surface area contributed by atoms with Crippen molar-refractivity contribution in [3.05, 3.63) is 104 Å². The maximum absolute atomic E-state index is 13.7. The number of aromatic nitrogens is 1. The molecular weight excluding hydrogens is 504 g/mol. The van der Waals surface area contributed by atoms with Gasteiger partial charge in [-0.15, -0.1) is 0 Å². The Balaban J connectivity index is 1.77. The highest BCUT2D eigenvalue weighted by molar-refractivity contribution is 9.10. The van der Waals surface area contributed by atoms with Gasteiger partial charge in [0.05, 0.1) is 12.0 Å². The highest BCUT2D eigenvalue weighted by Gasteiger charge is 2.27. The summed E-state index contributed by atoms with van der Waals surface area (Å²) in [5.74, 6) is 0.681. The molecule has 170 valence electrons. The van der Waals surface area contributed by atoms with E-state index < -0.39 is 10.0 Å². The van der Waals surface area contributed by atoms with Gasteiger partial charge in [-0.25, -0.2) is 8.42 Å². The first-order chi connectivity index (χ1) is 15.8. The second-order valence-electron chi connectivity index (χ2n) is 7.77. The largest absolute Gasteiger partial charge is 0.497 e. The Hall–Kier alpha value is -2.94. The zero-order chi connectivity index (χ0) is 23.6. The number of hydrogen-bond acceptors (Lipinski definition) is 4. The molecule has 0 saturated carbocycles. The zero-order valence-electron chi connectivity index (χ0n) is 18.2. The summed E-state index contributed by atoms with van der Waals surface area (Å²) in [6.07, 6.45) is 0. The van der Waals surface area contributed by atoms with Gasteiger partial charge in [0, 0.05) is 28.6 Å². The minimum atomic E-state index is -3.92. The van der Waals surface area contributed by atoms with Crippen LogP contribution in [0.25, 0.3) is 10.9 Å². The predicted molar refractivity (Wildman–Crippen MR) is 133 cm³/mol. The number of sulfonamides is 1. The molecule has 1 heterocycles. The van der Waals surface area contributed by atoms with Crippen molar-refractivity contribution in [3.8, 4) is 5.75 Å². The van der Waals surface area contributed by atoms with E-state index in [2.05, 4.69) is 20.9 Å². The van der Waals surface area contributed by atoms with Crippen LogP contribution >= 0.6 is 15.9 Å². The summed E-state index contributed by atoms with van der Waals surface area (Å²) in [6, 6.07) is 21.4. The van der Waals surface area contributed by atoms with Gasteiger partial charge in [0.25, 0.3) is 5.56 Å². The SMILES string of the molecule is COc1ccc(CN(Cc2cc3ccc(C)cc3[nH]c2=O)S(=O)(=O)c2ccccc2Br)cc1. The minimum absolute atomic E-state index is 0.0746. The van der Waals surface area contributed by atoms with Crippen molar-refractivity contribution in [2.24, 2.45) is 0 Å². The molecule has 0 unspecified atom stereocenters. The number of fused-ring (bicyclic) bond motifs is 1. The standard InChI is InChI=1S/C25H23BrN2O4S/c1-17-7-10-19-14-20(25(29)27-23(19)13-17)16-28(15-18-8-11-21(32-2)12-9-18)33(30,31)24-6-4-3-5-22(24)26/h3-14H,15-16H2,1-2H3,(H,27,29). The van der Waals surface area contributed by atoms with Gasteiger partial charge in [-0.3, -0.25) is 4.79 Å². The van der Waals surface area contributed by atoms with Gasteiger partial charge in [0.2, 0.25) is 10.0 Å². The average molecular weight is 527 g/mol. The van der Waals surface area contributed by atoms with E-state index in [4.69, 9.17) is 4.74 Å². The van der Waals surface area contributed by atoms with E-state index in [-0.39, 0.29) is 23.5 Å². The Kier molecular flexibility index (Phi) is 6.69. The van der Waals surface area contributed by atoms with Gasteiger partial charge >= 0.3 is 0 Å². The molecular formula is C25H23BrN2O4S. The number of ether oxygens (including phenoxy) is 1. The number of nitrogens with zero attached hydrogens (tertiary/aromatic N) is 1. The molecule has 0 radical (unpaired) electrons. The topological polar surface area (TPSA) is 79.5 Å². The molecule has 0 saturated heterocycles. The van der Waals surface area contributed by atoms with Gasteiger partial charge < -0.3 is 9.72 Å². The Bertz CT molecular complexity index is 1460. The van der Waals surface area contributed by atoms with Crippen LogP contribution in [0.4, 0.5) is 0 Å². The molecule has 0 atom stereocenters. The number of rotatable bonds is 7. The molecule has 8 heteroatoms. The Morgan fingerprint density at radius 2 is 1.70 bits per heavy atom. The quantitative estimate of drug-likeness (QED) is 0.367. The lowest BCUT2D eigenvalue weighted by molar-refractivity contribution is 0.398. The molecule has 6 nitrogen and oxygen atoms in total. The third-order valence-electron chi connectivity index (χ3n) is 5.40. The average Bonchev–Trinajstić information content (AvgIpc) is 2.79. The van der Waals surface area contributed by atoms with Crippen molar-refractivity contribution >= 4 is 36.9 Å². The van der Waals surface area contributed by atoms with Gasteiger partial charge in [0.1, 0.15) is 5.75 Å². The lowest BCUT2D eigenvalue weighted by Crippen LogP contribution is -2.32. The van der Waals surface area contributed by atoms with Crippen LogP contribution in [0.2, 0.25) is 0 Å². The third-order valence-corrected chi connectivity index (χ3v) is 8.20. The fraction of sp³-hybridized carbons (Fsp3) is 0.160. The van der Waals surface area contributed by atoms with E-state index in [0.717, 1.165) is 22.0 Å². The summed E-state index contributed by atoms with van der Waals surface area (Å²) < 4.78 is 34.3. The van der Waals surface area contributed by atoms with E-state index in [1.807, 2.05) is 37.3 Å². The number of benzene rings is 3. The number of hydrogen-bond donors (Lipinski definition) is 1. The monoisotopic (exact) mass is 526 g/mol. The van der Waals surface area contributed by atoms with Crippen LogP contribution < -0.4 is 10.3 Å². The van der Waals surface area contributed by atoms with E-state index in [1.165, 1.54) is 4.31 Å². The van der Waals surface area contributed by atoms with E-state index >= 15 is 0 Å². The molecule has 3 aromatic carbocycles. The van der Waals surface area contributed by atoms with Crippen LogP contribution in [-0.4, -0.2) is 24.8 Å². The van der Waals surface area contributed by atoms with Crippen molar-refractivity contribution in [3.63, 3.8) is 0 Å². The molecule has 1 aromatic heterocycles. The summed E-state index contributed by atoms with van der Waals surface area (Å²) in [6.45, 7) is 1.97. The third kappa shape index (κ3) is 5.03. The molecule has 0 aliphatic carbocycles. The number of H-pyrrole nitrogens is 1. The first-order valence-electron chi connectivity index (χ1n) is 10.3. The molecule has 4 rings (SSSR count). The summed E-state index contributed by atoms with van der Waals surface area (Å²) >= 11 is 3.35. The van der Waals surface area contributed by atoms with Crippen molar-refractivity contribution in [2.45, 2.75) is 24.9 Å². The highest BCUT2D eigenvalue weighted by Crippen LogP contribution is 2.27. The summed E-state index contributed by atoms with van der Waals surface area (Å²) in [7, 11) is -2.34. The summed E-state index contributed by atoms with van der Waals surface area (Å²) in [4.78, 5) is 15.9. The number of aromatic amines is 1. The molecule has 0 bridgehead atoms. The number of methoxy groups -OCH3 is 1. The van der Waals surface area contributed by atoms with Gasteiger partial charge in [-0.1, -0.05) is 36.4 Å². The van der Waals surface area contributed by atoms with Gasteiger partial charge in [-0.2, -0.15) is 4.31 Å². The van der Waals surface area contributed by atoms with E-state index in [1.54, 1.807) is 49.6 Å². The number of pyridine rings is 1. The van der Waals surface area contributed by atoms with Crippen LogP contribution in [0.5, 0.6) is 5.75 Å². The van der Waals surface area contributed by atoms with Gasteiger partial charge in [0.15, 0.2) is 0 Å². The van der Waals surface area contributed by atoms with Crippen molar-refractivity contribution < 1.29 is 13.2 Å². The zero-order valence-corrected chi connectivity index (χ0v) is 20.6. The molecule has 0 fully saturated rings. The Morgan fingerprint density at radius 3 is 2.39 bits per heavy atom. The predicted octanol–water partition coefficient (Wildman–Crippen LogP) is 5.00.